The van der Waals surface area contributed by atoms with Gasteiger partial charge in [0.15, 0.2) is 0 Å². The molecule has 8 heteroatoms. The van der Waals surface area contributed by atoms with Crippen LogP contribution in [0.1, 0.15) is 18.4 Å². The van der Waals surface area contributed by atoms with Gasteiger partial charge in [0.2, 0.25) is 5.91 Å². The lowest BCUT2D eigenvalue weighted by atomic mass is 10.0. The molecule has 2 aliphatic rings. The highest BCUT2D eigenvalue weighted by atomic mass is 16.5. The highest BCUT2D eigenvalue weighted by molar-refractivity contribution is 5.86. The Kier molecular flexibility index (Phi) is 7.10. The number of benzene rings is 2. The van der Waals surface area contributed by atoms with E-state index < -0.39 is 12.1 Å². The lowest BCUT2D eigenvalue weighted by Crippen LogP contribution is -2.54. The highest BCUT2D eigenvalue weighted by Crippen LogP contribution is 2.23. The van der Waals surface area contributed by atoms with Crippen LogP contribution in [-0.2, 0) is 4.79 Å². The van der Waals surface area contributed by atoms with Gasteiger partial charge in [0, 0.05) is 39.3 Å². The number of carboxylic acid groups (broad SMARTS) is 1. The first-order valence-corrected chi connectivity index (χ1v) is 11.3. The number of amides is 2. The van der Waals surface area contributed by atoms with Crippen LogP contribution in [0.4, 0.5) is 4.79 Å². The number of hydrogen-bond acceptors (Lipinski definition) is 5. The molecule has 2 aliphatic heterocycles. The zero-order chi connectivity index (χ0) is 23.2. The zero-order valence-electron chi connectivity index (χ0n) is 18.5. The number of rotatable bonds is 6. The summed E-state index contributed by atoms with van der Waals surface area (Å²) in [5, 5.41) is 18.2. The molecule has 0 bridgehead atoms. The van der Waals surface area contributed by atoms with E-state index in [1.165, 1.54) is 4.90 Å². The van der Waals surface area contributed by atoms with Crippen molar-refractivity contribution in [2.75, 3.05) is 45.9 Å². The monoisotopic (exact) mass is 448 g/mol. The Morgan fingerprint density at radius 1 is 0.970 bits per heavy atom. The Bertz CT molecular complexity index is 1010. The first kappa shape index (κ1) is 22.6. The zero-order valence-corrected chi connectivity index (χ0v) is 18.5. The molecule has 2 aromatic rings. The van der Waals surface area contributed by atoms with E-state index in [1.807, 2.05) is 48.5 Å². The maximum atomic E-state index is 12.7. The average molecular weight is 449 g/mol. The van der Waals surface area contributed by atoms with Crippen molar-refractivity contribution in [1.82, 2.24) is 14.7 Å². The van der Waals surface area contributed by atoms with Gasteiger partial charge in [-0.2, -0.15) is 5.26 Å². The molecule has 4 rings (SSSR count). The van der Waals surface area contributed by atoms with E-state index in [1.54, 1.807) is 4.90 Å². The molecule has 2 fully saturated rings. The van der Waals surface area contributed by atoms with Crippen LogP contribution in [0.15, 0.2) is 48.5 Å². The largest absolute Gasteiger partial charge is 0.492 e. The molecule has 0 radical (unpaired) electrons. The van der Waals surface area contributed by atoms with Gasteiger partial charge in [0.1, 0.15) is 18.4 Å². The van der Waals surface area contributed by atoms with Gasteiger partial charge in [-0.3, -0.25) is 14.6 Å². The van der Waals surface area contributed by atoms with Crippen LogP contribution >= 0.6 is 0 Å². The van der Waals surface area contributed by atoms with Crippen LogP contribution in [0.2, 0.25) is 0 Å². The molecule has 2 amide bonds. The summed E-state index contributed by atoms with van der Waals surface area (Å²) in [6.45, 7) is 4.50. The third kappa shape index (κ3) is 5.44. The molecule has 0 aliphatic carbocycles. The number of nitriles is 1. The van der Waals surface area contributed by atoms with Crippen molar-refractivity contribution in [3.63, 3.8) is 0 Å². The van der Waals surface area contributed by atoms with E-state index in [9.17, 15) is 14.7 Å². The first-order chi connectivity index (χ1) is 16.0. The molecule has 0 spiro atoms. The smallest absolute Gasteiger partial charge is 0.407 e. The molecule has 0 unspecified atom stereocenters. The normalized spacial score (nSPS) is 18.7. The Labute approximate surface area is 193 Å². The number of hydrogen-bond donors (Lipinski definition) is 1. The second-order valence-electron chi connectivity index (χ2n) is 8.36. The third-order valence-corrected chi connectivity index (χ3v) is 6.35. The van der Waals surface area contributed by atoms with E-state index in [-0.39, 0.29) is 5.91 Å². The van der Waals surface area contributed by atoms with Gasteiger partial charge in [0.25, 0.3) is 0 Å². The van der Waals surface area contributed by atoms with E-state index in [0.717, 1.165) is 42.9 Å². The van der Waals surface area contributed by atoms with Gasteiger partial charge in [-0.15, -0.1) is 0 Å². The number of carbonyl (C=O) groups excluding carboxylic acids is 1. The van der Waals surface area contributed by atoms with Crippen LogP contribution in [-0.4, -0.2) is 83.7 Å². The van der Waals surface area contributed by atoms with E-state index >= 15 is 0 Å². The minimum absolute atomic E-state index is 0.0619. The predicted molar refractivity (Wildman–Crippen MR) is 123 cm³/mol. The van der Waals surface area contributed by atoms with Gasteiger partial charge >= 0.3 is 6.09 Å². The molecular formula is C25H28N4O4. The molecule has 8 nitrogen and oxygen atoms in total. The van der Waals surface area contributed by atoms with Crippen LogP contribution in [0.25, 0.3) is 11.1 Å². The summed E-state index contributed by atoms with van der Waals surface area (Å²) in [6.07, 6.45) is 0.351. The molecule has 2 aromatic carbocycles. The summed E-state index contributed by atoms with van der Waals surface area (Å²) < 4.78 is 5.89. The number of likely N-dealkylation sites (tertiary alicyclic amines) is 1. The molecule has 2 heterocycles. The highest BCUT2D eigenvalue weighted by Gasteiger charge is 2.37. The van der Waals surface area contributed by atoms with Crippen molar-refractivity contribution < 1.29 is 19.4 Å². The summed E-state index contributed by atoms with van der Waals surface area (Å²) in [5.74, 6) is 0.740. The molecular weight excluding hydrogens is 420 g/mol. The number of nitrogens with zero attached hydrogens (tertiary/aromatic N) is 4. The van der Waals surface area contributed by atoms with Crippen molar-refractivity contribution in [1.29, 1.82) is 5.26 Å². The number of carbonyl (C=O) groups is 2. The summed E-state index contributed by atoms with van der Waals surface area (Å²) in [5.41, 5.74) is 2.76. The molecule has 33 heavy (non-hydrogen) atoms. The Morgan fingerprint density at radius 2 is 1.61 bits per heavy atom. The van der Waals surface area contributed by atoms with Crippen molar-refractivity contribution in [3.05, 3.63) is 54.1 Å². The topological polar surface area (TPSA) is 97.1 Å². The lowest BCUT2D eigenvalue weighted by Gasteiger charge is -2.36. The first-order valence-electron chi connectivity index (χ1n) is 11.3. The van der Waals surface area contributed by atoms with Gasteiger partial charge < -0.3 is 14.7 Å². The second-order valence-corrected chi connectivity index (χ2v) is 8.36. The Morgan fingerprint density at radius 3 is 2.21 bits per heavy atom. The average Bonchev–Trinajstić information content (AvgIpc) is 3.35. The maximum Gasteiger partial charge on any atom is 0.407 e. The van der Waals surface area contributed by atoms with Gasteiger partial charge in [-0.05, 0) is 48.2 Å². The van der Waals surface area contributed by atoms with E-state index in [2.05, 4.69) is 11.0 Å². The van der Waals surface area contributed by atoms with Crippen molar-refractivity contribution in [3.8, 4) is 22.9 Å². The molecule has 0 saturated carbocycles. The van der Waals surface area contributed by atoms with Crippen molar-refractivity contribution in [2.45, 2.75) is 18.9 Å². The standard InChI is InChI=1S/C25H28N4O4/c26-18-19-3-5-20(6-4-19)21-7-9-22(10-8-21)33-17-16-27-12-14-28(15-13-27)24(30)23-2-1-11-29(23)25(31)32/h3-10,23H,1-2,11-17H2,(H,31,32)/t23-/m1/s1. The number of piperazine rings is 1. The van der Waals surface area contributed by atoms with Crippen LogP contribution in [0, 0.1) is 11.3 Å². The van der Waals surface area contributed by atoms with Crippen molar-refractivity contribution >= 4 is 12.0 Å². The Hall–Kier alpha value is -3.57. The number of ether oxygens (including phenoxy) is 1. The van der Waals surface area contributed by atoms with Gasteiger partial charge in [-0.1, -0.05) is 24.3 Å². The summed E-state index contributed by atoms with van der Waals surface area (Å²) >= 11 is 0. The van der Waals surface area contributed by atoms with Crippen LogP contribution in [0.5, 0.6) is 5.75 Å². The van der Waals surface area contributed by atoms with Gasteiger partial charge in [0.05, 0.1) is 11.6 Å². The molecule has 0 aromatic heterocycles. The SMILES string of the molecule is N#Cc1ccc(-c2ccc(OCCN3CCN(C(=O)[C@H]4CCCN4C(=O)O)CC3)cc2)cc1. The third-order valence-electron chi connectivity index (χ3n) is 6.35. The minimum atomic E-state index is -1.01. The predicted octanol–water partition coefficient (Wildman–Crippen LogP) is 2.89. The summed E-state index contributed by atoms with van der Waals surface area (Å²) in [4.78, 5) is 29.4. The minimum Gasteiger partial charge on any atom is -0.492 e. The fourth-order valence-electron chi connectivity index (χ4n) is 4.43. The van der Waals surface area contributed by atoms with Crippen LogP contribution < -0.4 is 4.74 Å². The van der Waals surface area contributed by atoms with Crippen LogP contribution in [0.3, 0.4) is 0 Å². The van der Waals surface area contributed by atoms with E-state index in [0.29, 0.717) is 38.2 Å². The maximum absolute atomic E-state index is 12.7. The summed E-state index contributed by atoms with van der Waals surface area (Å²) in [7, 11) is 0. The second kappa shape index (κ2) is 10.4. The quantitative estimate of drug-likeness (QED) is 0.730. The lowest BCUT2D eigenvalue weighted by molar-refractivity contribution is -0.137. The Balaban J connectivity index is 1.20. The molecule has 172 valence electrons. The van der Waals surface area contributed by atoms with Gasteiger partial charge in [-0.25, -0.2) is 4.79 Å². The van der Waals surface area contributed by atoms with Crippen molar-refractivity contribution in [2.24, 2.45) is 0 Å². The fourth-order valence-corrected chi connectivity index (χ4v) is 4.43. The molecule has 2 saturated heterocycles. The molecule has 1 N–H and O–H groups in total. The summed E-state index contributed by atoms with van der Waals surface area (Å²) in [6, 6.07) is 17.0. The fraction of sp³-hybridized carbons (Fsp3) is 0.400. The molecule has 1 atom stereocenters. The van der Waals surface area contributed by atoms with E-state index in [4.69, 9.17) is 10.00 Å².